The molecule has 0 aliphatic carbocycles. The normalized spacial score (nSPS) is 9.67. The van der Waals surface area contributed by atoms with Gasteiger partial charge in [0.2, 0.25) is 0 Å². The fourth-order valence-corrected chi connectivity index (χ4v) is 0. The van der Waals surface area contributed by atoms with Crippen LogP contribution in [0.5, 0.6) is 0 Å². The van der Waals surface area contributed by atoms with Crippen molar-refractivity contribution in [2.24, 2.45) is 5.14 Å². The Morgan fingerprint density at radius 3 is 1.50 bits per heavy atom. The molecule has 0 saturated heterocycles. The molecule has 0 aromatic heterocycles. The molecule has 1 radical (unpaired) electrons. The molecule has 33 valence electrons. The molecule has 0 aromatic rings. The first kappa shape index (κ1) is 9.67. The van der Waals surface area contributed by atoms with Crippen LogP contribution in [0.1, 0.15) is 0 Å². The second-order valence-electron chi connectivity index (χ2n) is 0.476. The fraction of sp³-hybridized carbons (Fsp3) is 0. The quantitative estimate of drug-likeness (QED) is 0.310. The van der Waals surface area contributed by atoms with Crippen LogP contribution >= 0.6 is 0 Å². The molecule has 3 nitrogen and oxygen atoms in total. The van der Waals surface area contributed by atoms with E-state index in [0.29, 0.717) is 0 Å². The molecule has 0 rings (SSSR count). The van der Waals surface area contributed by atoms with Gasteiger partial charge in [-0.05, 0) is 0 Å². The van der Waals surface area contributed by atoms with Crippen molar-refractivity contribution in [3.05, 3.63) is 0 Å². The van der Waals surface area contributed by atoms with Crippen LogP contribution in [0.4, 0.5) is 3.89 Å². The molecule has 6 heavy (non-hydrogen) atoms. The number of hydrogen-bond acceptors (Lipinski definition) is 2. The van der Waals surface area contributed by atoms with Crippen molar-refractivity contribution in [1.29, 1.82) is 0 Å². The smallest absolute Gasteiger partial charge is 0.202 e. The molecular formula is H2FLiNO2S. The Kier molecular flexibility index (Phi) is 4.16. The van der Waals surface area contributed by atoms with Gasteiger partial charge in [0.1, 0.15) is 0 Å². The van der Waals surface area contributed by atoms with Gasteiger partial charge in [-0.2, -0.15) is 8.42 Å². The van der Waals surface area contributed by atoms with E-state index in [1.807, 2.05) is 0 Å². The average molecular weight is 106 g/mol. The van der Waals surface area contributed by atoms with Crippen LogP contribution in [-0.4, -0.2) is 27.3 Å². The predicted molar refractivity (Wildman–Crippen MR) is 20.0 cm³/mol. The molecular weight excluding hydrogens is 104 g/mol. The summed E-state index contributed by atoms with van der Waals surface area (Å²) in [6, 6.07) is 0. The molecule has 2 N–H and O–H groups in total. The summed E-state index contributed by atoms with van der Waals surface area (Å²) in [7, 11) is -4.67. The van der Waals surface area contributed by atoms with E-state index < -0.39 is 10.4 Å². The maximum absolute atomic E-state index is 10.4. The minimum absolute atomic E-state index is 0. The molecule has 6 heteroatoms. The first-order valence-corrected chi connectivity index (χ1v) is 2.17. The summed E-state index contributed by atoms with van der Waals surface area (Å²) in [5.74, 6) is 0. The summed E-state index contributed by atoms with van der Waals surface area (Å²) >= 11 is 0. The van der Waals surface area contributed by atoms with Crippen molar-refractivity contribution in [3.63, 3.8) is 0 Å². The Balaban J connectivity index is 0. The molecule has 0 unspecified atom stereocenters. The Bertz CT molecular complexity index is 96.7. The van der Waals surface area contributed by atoms with Gasteiger partial charge in [-0.15, -0.1) is 0 Å². The van der Waals surface area contributed by atoms with Crippen LogP contribution in [0.2, 0.25) is 0 Å². The van der Waals surface area contributed by atoms with Crippen molar-refractivity contribution in [2.45, 2.75) is 0 Å². The molecule has 0 heterocycles. The third-order valence-corrected chi connectivity index (χ3v) is 0. The second kappa shape index (κ2) is 2.58. The average Bonchev–Trinajstić information content (AvgIpc) is 0.722. The van der Waals surface area contributed by atoms with Crippen LogP contribution in [0.3, 0.4) is 0 Å². The molecule has 0 atom stereocenters. The maximum Gasteiger partial charge on any atom is 0.369 e. The van der Waals surface area contributed by atoms with Crippen LogP contribution in [-0.2, 0) is 10.4 Å². The van der Waals surface area contributed by atoms with Gasteiger partial charge < -0.3 is 0 Å². The third kappa shape index (κ3) is 274. The Labute approximate surface area is 47.2 Å². The van der Waals surface area contributed by atoms with Gasteiger partial charge in [-0.1, -0.05) is 3.89 Å². The Morgan fingerprint density at radius 2 is 1.50 bits per heavy atom. The van der Waals surface area contributed by atoms with Gasteiger partial charge in [-0.25, -0.2) is 5.14 Å². The van der Waals surface area contributed by atoms with E-state index in [1.54, 1.807) is 0 Å². The number of rotatable bonds is 0. The summed E-state index contributed by atoms with van der Waals surface area (Å²) in [6.07, 6.45) is 0. The largest absolute Gasteiger partial charge is 0.369 e. The van der Waals surface area contributed by atoms with E-state index in [4.69, 9.17) is 8.42 Å². The minimum Gasteiger partial charge on any atom is -0.202 e. The van der Waals surface area contributed by atoms with E-state index in [9.17, 15) is 3.89 Å². The second-order valence-corrected chi connectivity index (χ2v) is 1.43. The number of halogens is 1. The third-order valence-electron chi connectivity index (χ3n) is 0. The van der Waals surface area contributed by atoms with Crippen molar-refractivity contribution in [3.8, 4) is 0 Å². The van der Waals surface area contributed by atoms with Crippen molar-refractivity contribution in [2.75, 3.05) is 0 Å². The van der Waals surface area contributed by atoms with Crippen LogP contribution in [0.15, 0.2) is 0 Å². The topological polar surface area (TPSA) is 60.2 Å². The molecule has 0 aliphatic heterocycles. The van der Waals surface area contributed by atoms with Gasteiger partial charge in [0.15, 0.2) is 0 Å². The van der Waals surface area contributed by atoms with Crippen LogP contribution in [0.25, 0.3) is 0 Å². The number of hydrogen-bond donors (Lipinski definition) is 1. The molecule has 0 fully saturated rings. The standard InChI is InChI=1S/FH2NO2S.Li/c1-5(2,3)4;/h(H2,2,3,4);. The van der Waals surface area contributed by atoms with Gasteiger partial charge in [0.25, 0.3) is 0 Å². The van der Waals surface area contributed by atoms with Gasteiger partial charge in [-0.3, -0.25) is 0 Å². The predicted octanol–water partition coefficient (Wildman–Crippen LogP) is -1.22. The van der Waals surface area contributed by atoms with E-state index in [-0.39, 0.29) is 18.9 Å². The minimum atomic E-state index is -4.67. The zero-order valence-corrected chi connectivity index (χ0v) is 4.00. The fourth-order valence-electron chi connectivity index (χ4n) is 0. The zero-order chi connectivity index (χ0) is 4.50. The van der Waals surface area contributed by atoms with Crippen molar-refractivity contribution >= 4 is 29.3 Å². The summed E-state index contributed by atoms with van der Waals surface area (Å²) in [4.78, 5) is 0. The molecule has 0 aromatic carbocycles. The number of nitrogens with two attached hydrogens (primary N) is 1. The molecule has 0 amide bonds. The molecule has 0 aliphatic rings. The van der Waals surface area contributed by atoms with Gasteiger partial charge in [0.05, 0.1) is 0 Å². The van der Waals surface area contributed by atoms with Gasteiger partial charge in [0, 0.05) is 18.9 Å². The van der Waals surface area contributed by atoms with Crippen LogP contribution < -0.4 is 5.14 Å². The summed E-state index contributed by atoms with van der Waals surface area (Å²) in [5, 5.41) is 3.66. The van der Waals surface area contributed by atoms with Crippen molar-refractivity contribution < 1.29 is 12.3 Å². The van der Waals surface area contributed by atoms with Crippen LogP contribution in [0, 0.1) is 0 Å². The van der Waals surface area contributed by atoms with E-state index >= 15 is 0 Å². The van der Waals surface area contributed by atoms with E-state index in [1.165, 1.54) is 0 Å². The Hall–Kier alpha value is 0.437. The van der Waals surface area contributed by atoms with E-state index in [0.717, 1.165) is 0 Å². The van der Waals surface area contributed by atoms with Crippen molar-refractivity contribution in [1.82, 2.24) is 0 Å². The molecule has 0 saturated carbocycles. The summed E-state index contributed by atoms with van der Waals surface area (Å²) in [6.45, 7) is 0. The van der Waals surface area contributed by atoms with Gasteiger partial charge >= 0.3 is 10.4 Å². The SMILES string of the molecule is NS(=O)(=O)F.[Li]. The van der Waals surface area contributed by atoms with E-state index in [2.05, 4.69) is 5.14 Å². The maximum atomic E-state index is 10.4. The first-order valence-electron chi connectivity index (χ1n) is 0.723. The summed E-state index contributed by atoms with van der Waals surface area (Å²) < 4.78 is 27.9. The molecule has 0 spiro atoms. The zero-order valence-electron chi connectivity index (χ0n) is 3.18. The monoisotopic (exact) mass is 106 g/mol. The molecule has 0 bridgehead atoms. The summed E-state index contributed by atoms with van der Waals surface area (Å²) in [5.41, 5.74) is 0. The first-order chi connectivity index (χ1) is 2.00. The Morgan fingerprint density at radius 1 is 1.50 bits per heavy atom.